The van der Waals surface area contributed by atoms with Crippen molar-refractivity contribution < 1.29 is 4.39 Å². The van der Waals surface area contributed by atoms with E-state index in [0.29, 0.717) is 0 Å². The molecule has 1 fully saturated rings. The van der Waals surface area contributed by atoms with E-state index in [1.807, 2.05) is 36.4 Å². The molecule has 5 heteroatoms. The molecule has 2 aromatic carbocycles. The van der Waals surface area contributed by atoms with Gasteiger partial charge in [0.25, 0.3) is 0 Å². The number of anilines is 1. The highest BCUT2D eigenvalue weighted by Gasteiger charge is 2.50. The van der Waals surface area contributed by atoms with Crippen LogP contribution in [0.5, 0.6) is 0 Å². The molecule has 0 unspecified atom stereocenters. The topological polar surface area (TPSA) is 56.7 Å². The monoisotopic (exact) mass is 336 g/mol. The third kappa shape index (κ3) is 2.60. The maximum absolute atomic E-state index is 13.3. The van der Waals surface area contributed by atoms with Gasteiger partial charge in [-0.3, -0.25) is 0 Å². The minimum absolute atomic E-state index is 0.156. The summed E-state index contributed by atoms with van der Waals surface area (Å²) in [5.41, 5.74) is 8.47. The van der Waals surface area contributed by atoms with Gasteiger partial charge < -0.3 is 10.3 Å². The highest BCUT2D eigenvalue weighted by atomic mass is 19.1. The Kier molecular flexibility index (Phi) is 3.60. The quantitative estimate of drug-likeness (QED) is 0.722. The van der Waals surface area contributed by atoms with Crippen LogP contribution in [0.25, 0.3) is 11.4 Å². The standard InChI is InChI=1S/C20H21FN4/c1-13(2)25-18(14-3-9-17(22)10-4-14)23-24-19(25)20(11-12-20)15-5-7-16(21)8-6-15/h3-10,13H,11-12,22H2,1-2H3. The Hall–Kier alpha value is -2.69. The van der Waals surface area contributed by atoms with E-state index in [-0.39, 0.29) is 17.3 Å². The van der Waals surface area contributed by atoms with Crippen molar-refractivity contribution in [3.8, 4) is 11.4 Å². The molecule has 0 spiro atoms. The number of benzene rings is 2. The molecule has 0 atom stereocenters. The SMILES string of the molecule is CC(C)n1c(-c2ccc(N)cc2)nnc1C1(c2ccc(F)cc2)CC1. The zero-order valence-electron chi connectivity index (χ0n) is 14.4. The van der Waals surface area contributed by atoms with Crippen LogP contribution in [0.1, 0.15) is 44.1 Å². The van der Waals surface area contributed by atoms with E-state index in [0.717, 1.165) is 41.3 Å². The fourth-order valence-corrected chi connectivity index (χ4v) is 3.47. The van der Waals surface area contributed by atoms with E-state index < -0.39 is 0 Å². The Labute approximate surface area is 146 Å². The molecule has 2 N–H and O–H groups in total. The van der Waals surface area contributed by atoms with E-state index in [1.165, 1.54) is 12.1 Å². The molecule has 3 aromatic rings. The number of aromatic nitrogens is 3. The first kappa shape index (κ1) is 15.8. The molecule has 1 heterocycles. The Bertz CT molecular complexity index is 890. The molecule has 128 valence electrons. The van der Waals surface area contributed by atoms with Crippen LogP contribution in [0.4, 0.5) is 10.1 Å². The lowest BCUT2D eigenvalue weighted by Gasteiger charge is -2.20. The van der Waals surface area contributed by atoms with Crippen LogP contribution < -0.4 is 5.73 Å². The van der Waals surface area contributed by atoms with Gasteiger partial charge >= 0.3 is 0 Å². The zero-order valence-corrected chi connectivity index (χ0v) is 14.4. The number of halogens is 1. The molecule has 4 nitrogen and oxygen atoms in total. The molecular formula is C20H21FN4. The van der Waals surface area contributed by atoms with Gasteiger partial charge in [0, 0.05) is 17.3 Å². The molecule has 1 aliphatic carbocycles. The van der Waals surface area contributed by atoms with E-state index in [2.05, 4.69) is 28.6 Å². The van der Waals surface area contributed by atoms with Crippen LogP contribution in [0.2, 0.25) is 0 Å². The molecule has 1 aliphatic rings. The summed E-state index contributed by atoms with van der Waals surface area (Å²) in [5.74, 6) is 1.59. The lowest BCUT2D eigenvalue weighted by atomic mass is 9.94. The number of nitrogens with two attached hydrogens (primary N) is 1. The van der Waals surface area contributed by atoms with Gasteiger partial charge in [-0.15, -0.1) is 10.2 Å². The summed E-state index contributed by atoms with van der Waals surface area (Å²) in [4.78, 5) is 0. The smallest absolute Gasteiger partial charge is 0.164 e. The minimum atomic E-state index is -0.215. The van der Waals surface area contributed by atoms with Crippen LogP contribution in [0.15, 0.2) is 48.5 Å². The van der Waals surface area contributed by atoms with E-state index in [1.54, 1.807) is 0 Å². The van der Waals surface area contributed by atoms with Gasteiger partial charge in [0.15, 0.2) is 5.82 Å². The maximum atomic E-state index is 13.3. The molecule has 1 aromatic heterocycles. The highest BCUT2D eigenvalue weighted by molar-refractivity contribution is 5.60. The summed E-state index contributed by atoms with van der Waals surface area (Å²) in [5, 5.41) is 9.04. The first-order valence-electron chi connectivity index (χ1n) is 8.58. The van der Waals surface area contributed by atoms with Crippen molar-refractivity contribution in [1.29, 1.82) is 0 Å². The maximum Gasteiger partial charge on any atom is 0.164 e. The van der Waals surface area contributed by atoms with Crippen LogP contribution in [-0.4, -0.2) is 14.8 Å². The van der Waals surface area contributed by atoms with E-state index in [9.17, 15) is 4.39 Å². The third-order valence-electron chi connectivity index (χ3n) is 4.96. The molecule has 1 saturated carbocycles. The van der Waals surface area contributed by atoms with Gasteiger partial charge in [0.05, 0.1) is 5.41 Å². The minimum Gasteiger partial charge on any atom is -0.399 e. The molecule has 0 saturated heterocycles. The fraction of sp³-hybridized carbons (Fsp3) is 0.300. The van der Waals surface area contributed by atoms with Crippen LogP contribution in [0, 0.1) is 5.82 Å². The summed E-state index contributed by atoms with van der Waals surface area (Å²) >= 11 is 0. The largest absolute Gasteiger partial charge is 0.399 e. The second-order valence-corrected chi connectivity index (χ2v) is 7.02. The summed E-state index contributed by atoms with van der Waals surface area (Å²) < 4.78 is 15.5. The average molecular weight is 336 g/mol. The first-order valence-corrected chi connectivity index (χ1v) is 8.58. The summed E-state index contributed by atoms with van der Waals surface area (Å²) in [6.45, 7) is 4.27. The average Bonchev–Trinajstić information content (AvgIpc) is 3.27. The van der Waals surface area contributed by atoms with Crippen LogP contribution in [0.3, 0.4) is 0 Å². The summed E-state index contributed by atoms with van der Waals surface area (Å²) in [7, 11) is 0. The van der Waals surface area contributed by atoms with E-state index in [4.69, 9.17) is 5.73 Å². The molecule has 4 rings (SSSR count). The van der Waals surface area contributed by atoms with Crippen molar-refractivity contribution in [2.75, 3.05) is 5.73 Å². The Morgan fingerprint density at radius 1 is 1.00 bits per heavy atom. The Morgan fingerprint density at radius 3 is 2.20 bits per heavy atom. The lowest BCUT2D eigenvalue weighted by Crippen LogP contribution is -2.18. The predicted octanol–water partition coefficient (Wildman–Crippen LogP) is 4.33. The van der Waals surface area contributed by atoms with Crippen molar-refractivity contribution in [3.05, 3.63) is 65.7 Å². The lowest BCUT2D eigenvalue weighted by molar-refractivity contribution is 0.547. The van der Waals surface area contributed by atoms with E-state index >= 15 is 0 Å². The number of rotatable bonds is 4. The molecule has 0 aliphatic heterocycles. The van der Waals surface area contributed by atoms with Gasteiger partial charge in [0.2, 0.25) is 0 Å². The molecular weight excluding hydrogens is 315 g/mol. The first-order chi connectivity index (χ1) is 12.0. The normalized spacial score (nSPS) is 15.5. The van der Waals surface area contributed by atoms with Crippen molar-refractivity contribution in [2.24, 2.45) is 0 Å². The van der Waals surface area contributed by atoms with Crippen molar-refractivity contribution in [1.82, 2.24) is 14.8 Å². The van der Waals surface area contributed by atoms with Crippen molar-refractivity contribution in [2.45, 2.75) is 38.1 Å². The predicted molar refractivity (Wildman–Crippen MR) is 96.7 cm³/mol. The number of hydrogen-bond acceptors (Lipinski definition) is 3. The molecule has 0 bridgehead atoms. The van der Waals surface area contributed by atoms with Crippen LogP contribution >= 0.6 is 0 Å². The zero-order chi connectivity index (χ0) is 17.6. The third-order valence-corrected chi connectivity index (χ3v) is 4.96. The second kappa shape index (κ2) is 5.69. The molecule has 0 radical (unpaired) electrons. The highest BCUT2D eigenvalue weighted by Crippen LogP contribution is 2.53. The number of hydrogen-bond donors (Lipinski definition) is 1. The molecule has 25 heavy (non-hydrogen) atoms. The van der Waals surface area contributed by atoms with Gasteiger partial charge in [0.1, 0.15) is 11.6 Å². The van der Waals surface area contributed by atoms with Gasteiger partial charge in [-0.2, -0.15) is 0 Å². The number of nitrogen functional groups attached to an aromatic ring is 1. The fourth-order valence-electron chi connectivity index (χ4n) is 3.47. The van der Waals surface area contributed by atoms with Gasteiger partial charge in [-0.25, -0.2) is 4.39 Å². The number of nitrogens with zero attached hydrogens (tertiary/aromatic N) is 3. The molecule has 0 amide bonds. The van der Waals surface area contributed by atoms with Gasteiger partial charge in [-0.05, 0) is 68.7 Å². The Morgan fingerprint density at radius 2 is 1.64 bits per heavy atom. The summed E-state index contributed by atoms with van der Waals surface area (Å²) in [6, 6.07) is 14.7. The Balaban J connectivity index is 1.83. The second-order valence-electron chi connectivity index (χ2n) is 7.02. The summed E-state index contributed by atoms with van der Waals surface area (Å²) in [6.07, 6.45) is 2.01. The van der Waals surface area contributed by atoms with Gasteiger partial charge in [-0.1, -0.05) is 12.1 Å². The van der Waals surface area contributed by atoms with Crippen molar-refractivity contribution >= 4 is 5.69 Å². The van der Waals surface area contributed by atoms with Crippen LogP contribution in [-0.2, 0) is 5.41 Å². The van der Waals surface area contributed by atoms with Crippen molar-refractivity contribution in [3.63, 3.8) is 0 Å².